The molecule has 6 heteroatoms. The van der Waals surface area contributed by atoms with E-state index in [0.29, 0.717) is 10.6 Å². The van der Waals surface area contributed by atoms with E-state index in [2.05, 4.69) is 15.2 Å². The monoisotopic (exact) mass is 313 g/mol. The maximum absolute atomic E-state index is 12.1. The summed E-state index contributed by atoms with van der Waals surface area (Å²) in [5, 5.41) is 3.59. The van der Waals surface area contributed by atoms with Crippen molar-refractivity contribution in [2.24, 2.45) is 0 Å². The molecular formula is C14H17Cl2N3O. The Labute approximate surface area is 128 Å². The summed E-state index contributed by atoms with van der Waals surface area (Å²) in [4.78, 5) is 18.6. The van der Waals surface area contributed by atoms with Crippen molar-refractivity contribution >= 4 is 29.1 Å². The topological polar surface area (TPSA) is 45.2 Å². The van der Waals surface area contributed by atoms with Gasteiger partial charge in [-0.1, -0.05) is 23.2 Å². The molecule has 2 heterocycles. The van der Waals surface area contributed by atoms with Crippen LogP contribution in [0, 0.1) is 0 Å². The summed E-state index contributed by atoms with van der Waals surface area (Å²) in [6.45, 7) is 2.16. The van der Waals surface area contributed by atoms with Crippen LogP contribution >= 0.6 is 23.2 Å². The molecule has 1 saturated heterocycles. The second kappa shape index (κ2) is 5.88. The van der Waals surface area contributed by atoms with Crippen LogP contribution < -0.4 is 5.32 Å². The molecule has 108 valence electrons. The van der Waals surface area contributed by atoms with Gasteiger partial charge < -0.3 is 10.2 Å². The van der Waals surface area contributed by atoms with E-state index in [1.165, 1.54) is 19.0 Å². The normalized spacial score (nSPS) is 20.9. The van der Waals surface area contributed by atoms with Crippen LogP contribution in [-0.2, 0) is 0 Å². The molecule has 1 amide bonds. The van der Waals surface area contributed by atoms with Crippen LogP contribution in [0.2, 0.25) is 10.2 Å². The molecule has 1 aromatic heterocycles. The SMILES string of the molecule is O=C(NC1CCN(C2CC2)CC1)c1cnc(Cl)c(Cl)c1. The zero-order valence-electron chi connectivity index (χ0n) is 11.1. The molecule has 0 spiro atoms. The zero-order valence-corrected chi connectivity index (χ0v) is 12.6. The van der Waals surface area contributed by atoms with Gasteiger partial charge in [0.15, 0.2) is 0 Å². The number of carbonyl (C=O) groups excluding carboxylic acids is 1. The minimum Gasteiger partial charge on any atom is -0.349 e. The summed E-state index contributed by atoms with van der Waals surface area (Å²) in [7, 11) is 0. The van der Waals surface area contributed by atoms with Gasteiger partial charge in [-0.25, -0.2) is 4.98 Å². The van der Waals surface area contributed by atoms with Gasteiger partial charge in [0.05, 0.1) is 10.6 Å². The Morgan fingerprint density at radius 1 is 1.25 bits per heavy atom. The molecule has 1 aliphatic carbocycles. The smallest absolute Gasteiger partial charge is 0.253 e. The maximum Gasteiger partial charge on any atom is 0.253 e. The summed E-state index contributed by atoms with van der Waals surface area (Å²) in [5.41, 5.74) is 0.462. The summed E-state index contributed by atoms with van der Waals surface area (Å²) < 4.78 is 0. The van der Waals surface area contributed by atoms with Crippen LogP contribution in [0.5, 0.6) is 0 Å². The highest BCUT2D eigenvalue weighted by Gasteiger charge is 2.32. The molecule has 0 unspecified atom stereocenters. The first-order valence-corrected chi connectivity index (χ1v) is 7.75. The molecule has 0 atom stereocenters. The first-order chi connectivity index (χ1) is 9.63. The van der Waals surface area contributed by atoms with Gasteiger partial charge in [-0.15, -0.1) is 0 Å². The molecule has 1 saturated carbocycles. The van der Waals surface area contributed by atoms with Crippen LogP contribution in [0.4, 0.5) is 0 Å². The van der Waals surface area contributed by atoms with E-state index in [-0.39, 0.29) is 17.1 Å². The standard InChI is InChI=1S/C14H17Cl2N3O/c15-12-7-9(8-17-13(12)16)14(20)18-10-3-5-19(6-4-10)11-1-2-11/h7-8,10-11H,1-6H2,(H,18,20). The Morgan fingerprint density at radius 2 is 1.95 bits per heavy atom. The molecule has 2 fully saturated rings. The number of pyridine rings is 1. The third-order valence-electron chi connectivity index (χ3n) is 3.99. The van der Waals surface area contributed by atoms with Gasteiger partial charge in [0.1, 0.15) is 5.15 Å². The van der Waals surface area contributed by atoms with Crippen molar-refractivity contribution < 1.29 is 4.79 Å². The van der Waals surface area contributed by atoms with Crippen molar-refractivity contribution in [3.8, 4) is 0 Å². The van der Waals surface area contributed by atoms with Crippen molar-refractivity contribution in [3.05, 3.63) is 28.0 Å². The molecule has 1 N–H and O–H groups in total. The van der Waals surface area contributed by atoms with Crippen molar-refractivity contribution in [3.63, 3.8) is 0 Å². The first kappa shape index (κ1) is 14.1. The molecule has 0 bridgehead atoms. The molecule has 1 aromatic rings. The van der Waals surface area contributed by atoms with E-state index in [9.17, 15) is 4.79 Å². The molecule has 0 radical (unpaired) electrons. The van der Waals surface area contributed by atoms with E-state index in [1.54, 1.807) is 6.07 Å². The molecule has 0 aromatic carbocycles. The predicted octanol–water partition coefficient (Wildman–Crippen LogP) is 2.75. The van der Waals surface area contributed by atoms with Crippen molar-refractivity contribution in [2.45, 2.75) is 37.8 Å². The number of aromatic nitrogens is 1. The van der Waals surface area contributed by atoms with Gasteiger partial charge in [0, 0.05) is 31.4 Å². The van der Waals surface area contributed by atoms with Crippen LogP contribution in [0.3, 0.4) is 0 Å². The molecule has 3 rings (SSSR count). The zero-order chi connectivity index (χ0) is 14.1. The number of nitrogens with one attached hydrogen (secondary N) is 1. The lowest BCUT2D eigenvalue weighted by atomic mass is 10.0. The minimum atomic E-state index is -0.124. The highest BCUT2D eigenvalue weighted by Crippen LogP contribution is 2.29. The Kier molecular flexibility index (Phi) is 4.15. The fraction of sp³-hybridized carbons (Fsp3) is 0.571. The Bertz CT molecular complexity index is 511. The fourth-order valence-electron chi connectivity index (χ4n) is 2.66. The number of carbonyl (C=O) groups is 1. The van der Waals surface area contributed by atoms with E-state index in [4.69, 9.17) is 23.2 Å². The average molecular weight is 314 g/mol. The Balaban J connectivity index is 1.54. The Morgan fingerprint density at radius 3 is 2.55 bits per heavy atom. The summed E-state index contributed by atoms with van der Waals surface area (Å²) >= 11 is 11.6. The highest BCUT2D eigenvalue weighted by molar-refractivity contribution is 6.41. The van der Waals surface area contributed by atoms with E-state index < -0.39 is 0 Å². The van der Waals surface area contributed by atoms with Crippen LogP contribution in [0.1, 0.15) is 36.0 Å². The summed E-state index contributed by atoms with van der Waals surface area (Å²) in [6, 6.07) is 2.61. The number of hydrogen-bond donors (Lipinski definition) is 1. The quantitative estimate of drug-likeness (QED) is 0.873. The van der Waals surface area contributed by atoms with Gasteiger partial charge in [-0.3, -0.25) is 4.79 Å². The lowest BCUT2D eigenvalue weighted by Gasteiger charge is -2.32. The van der Waals surface area contributed by atoms with Gasteiger partial charge in [-0.05, 0) is 31.7 Å². The number of likely N-dealkylation sites (tertiary alicyclic amines) is 1. The minimum absolute atomic E-state index is 0.124. The summed E-state index contributed by atoms with van der Waals surface area (Å²) in [5.74, 6) is -0.124. The van der Waals surface area contributed by atoms with Gasteiger partial charge in [0.25, 0.3) is 5.91 Å². The summed E-state index contributed by atoms with van der Waals surface area (Å²) in [6.07, 6.45) is 6.16. The van der Waals surface area contributed by atoms with E-state index >= 15 is 0 Å². The second-order valence-corrected chi connectivity index (χ2v) is 6.28. The van der Waals surface area contributed by atoms with Gasteiger partial charge in [-0.2, -0.15) is 0 Å². The van der Waals surface area contributed by atoms with Crippen molar-refractivity contribution in [1.29, 1.82) is 0 Å². The molecular weight excluding hydrogens is 297 g/mol. The maximum atomic E-state index is 12.1. The molecule has 1 aliphatic heterocycles. The van der Waals surface area contributed by atoms with Crippen molar-refractivity contribution in [1.82, 2.24) is 15.2 Å². The average Bonchev–Trinajstić information content (AvgIpc) is 3.27. The molecule has 20 heavy (non-hydrogen) atoms. The number of amides is 1. The predicted molar refractivity (Wildman–Crippen MR) is 79.3 cm³/mol. The first-order valence-electron chi connectivity index (χ1n) is 6.99. The highest BCUT2D eigenvalue weighted by atomic mass is 35.5. The van der Waals surface area contributed by atoms with Gasteiger partial charge >= 0.3 is 0 Å². The lowest BCUT2D eigenvalue weighted by molar-refractivity contribution is 0.0909. The number of hydrogen-bond acceptors (Lipinski definition) is 3. The molecule has 4 nitrogen and oxygen atoms in total. The second-order valence-electron chi connectivity index (χ2n) is 5.51. The Hall–Kier alpha value is -0.840. The largest absolute Gasteiger partial charge is 0.349 e. The van der Waals surface area contributed by atoms with E-state index in [0.717, 1.165) is 32.0 Å². The number of piperidine rings is 1. The third kappa shape index (κ3) is 3.25. The number of halogens is 2. The van der Waals surface area contributed by atoms with Crippen LogP contribution in [-0.4, -0.2) is 41.0 Å². The number of nitrogens with zero attached hydrogens (tertiary/aromatic N) is 2. The van der Waals surface area contributed by atoms with E-state index in [1.807, 2.05) is 0 Å². The lowest BCUT2D eigenvalue weighted by Crippen LogP contribution is -2.45. The van der Waals surface area contributed by atoms with Gasteiger partial charge in [0.2, 0.25) is 0 Å². The third-order valence-corrected chi connectivity index (χ3v) is 4.67. The fourth-order valence-corrected chi connectivity index (χ4v) is 2.93. The van der Waals surface area contributed by atoms with Crippen LogP contribution in [0.25, 0.3) is 0 Å². The number of rotatable bonds is 3. The molecule has 2 aliphatic rings. The van der Waals surface area contributed by atoms with Crippen molar-refractivity contribution in [2.75, 3.05) is 13.1 Å². The van der Waals surface area contributed by atoms with Crippen LogP contribution in [0.15, 0.2) is 12.3 Å².